The molecule has 8 heteroatoms. The van der Waals surface area contributed by atoms with Crippen LogP contribution < -0.4 is 9.64 Å². The summed E-state index contributed by atoms with van der Waals surface area (Å²) in [6.45, 7) is 0.356. The lowest BCUT2D eigenvalue weighted by atomic mass is 10.1. The number of hydrogen-bond acceptors (Lipinski definition) is 5. The van der Waals surface area contributed by atoms with Crippen LogP contribution in [0.4, 0.5) is 5.69 Å². The molecule has 0 bridgehead atoms. The van der Waals surface area contributed by atoms with E-state index >= 15 is 0 Å². The number of aliphatic imine (C=N–C) groups is 1. The van der Waals surface area contributed by atoms with Gasteiger partial charge in [0.15, 0.2) is 5.17 Å². The van der Waals surface area contributed by atoms with Crippen LogP contribution in [0.2, 0.25) is 5.02 Å². The van der Waals surface area contributed by atoms with E-state index in [2.05, 4.69) is 4.99 Å². The average molecular weight is 479 g/mol. The minimum atomic E-state index is -1.05. The molecule has 0 fully saturated rings. The maximum atomic E-state index is 12.6. The summed E-state index contributed by atoms with van der Waals surface area (Å²) >= 11 is 7.12. The van der Waals surface area contributed by atoms with Crippen LogP contribution in [0.15, 0.2) is 82.7 Å². The number of thioether (sulfide) groups is 1. The Labute approximate surface area is 200 Å². The maximum absolute atomic E-state index is 12.6. The largest absolute Gasteiger partial charge is 0.488 e. The molecule has 4 rings (SSSR count). The normalized spacial score (nSPS) is 14.3. The summed E-state index contributed by atoms with van der Waals surface area (Å²) in [4.78, 5) is 30.3. The van der Waals surface area contributed by atoms with Crippen molar-refractivity contribution in [1.82, 2.24) is 0 Å². The van der Waals surface area contributed by atoms with Crippen LogP contribution in [-0.2, 0) is 11.4 Å². The first-order valence-electron chi connectivity index (χ1n) is 9.97. The van der Waals surface area contributed by atoms with Crippen LogP contribution in [-0.4, -0.2) is 29.2 Å². The van der Waals surface area contributed by atoms with Gasteiger partial charge in [-0.05, 0) is 53.7 Å². The van der Waals surface area contributed by atoms with Crippen LogP contribution >= 0.6 is 23.4 Å². The van der Waals surface area contributed by atoms with Crippen molar-refractivity contribution in [2.75, 3.05) is 11.9 Å². The molecule has 0 saturated carbocycles. The van der Waals surface area contributed by atoms with Crippen LogP contribution in [0.5, 0.6) is 5.75 Å². The van der Waals surface area contributed by atoms with Crippen molar-refractivity contribution >= 4 is 52.2 Å². The highest BCUT2D eigenvalue weighted by Crippen LogP contribution is 2.34. The number of ether oxygens (including phenoxy) is 1. The van der Waals surface area contributed by atoms with Gasteiger partial charge < -0.3 is 14.7 Å². The zero-order valence-corrected chi connectivity index (χ0v) is 19.1. The van der Waals surface area contributed by atoms with Crippen molar-refractivity contribution in [2.45, 2.75) is 6.61 Å². The summed E-state index contributed by atoms with van der Waals surface area (Å²) in [5.74, 6) is -0.802. The molecule has 0 atom stereocenters. The second kappa shape index (κ2) is 9.94. The Balaban J connectivity index is 1.53. The molecule has 3 aromatic rings. The van der Waals surface area contributed by atoms with E-state index in [0.29, 0.717) is 33.1 Å². The molecule has 33 heavy (non-hydrogen) atoms. The van der Waals surface area contributed by atoms with Crippen LogP contribution in [0, 0.1) is 0 Å². The third kappa shape index (κ3) is 5.27. The fourth-order valence-corrected chi connectivity index (χ4v) is 4.21. The highest BCUT2D eigenvalue weighted by molar-refractivity contribution is 8.18. The number of rotatable bonds is 6. The van der Waals surface area contributed by atoms with E-state index in [4.69, 9.17) is 16.3 Å². The number of carbonyl (C=O) groups excluding carboxylic acids is 1. The summed E-state index contributed by atoms with van der Waals surface area (Å²) in [5.41, 5.74) is 2.30. The molecule has 0 aliphatic carbocycles. The number of nitrogens with zero attached hydrogens (tertiary/aromatic N) is 2. The highest BCUT2D eigenvalue weighted by atomic mass is 35.5. The summed E-state index contributed by atoms with van der Waals surface area (Å²) < 4.78 is 5.97. The number of para-hydroxylation sites is 2. The monoisotopic (exact) mass is 478 g/mol. The molecule has 0 aromatic heterocycles. The van der Waals surface area contributed by atoms with Gasteiger partial charge in [0.05, 0.1) is 16.2 Å². The molecule has 1 aliphatic heterocycles. The van der Waals surface area contributed by atoms with E-state index < -0.39 is 5.97 Å². The first kappa shape index (κ1) is 22.6. The predicted molar refractivity (Wildman–Crippen MR) is 132 cm³/mol. The number of benzene rings is 3. The van der Waals surface area contributed by atoms with Gasteiger partial charge >= 0.3 is 5.97 Å². The van der Waals surface area contributed by atoms with Crippen LogP contribution in [0.3, 0.4) is 0 Å². The fraction of sp³-hybridized carbons (Fsp3) is 0.0800. The van der Waals surface area contributed by atoms with Crippen LogP contribution in [0.1, 0.15) is 21.5 Å². The quantitative estimate of drug-likeness (QED) is 0.456. The van der Waals surface area contributed by atoms with Gasteiger partial charge in [0.1, 0.15) is 12.4 Å². The Morgan fingerprint density at radius 3 is 2.55 bits per heavy atom. The van der Waals surface area contributed by atoms with Gasteiger partial charge in [-0.25, -0.2) is 4.79 Å². The van der Waals surface area contributed by atoms with Gasteiger partial charge in [-0.2, -0.15) is 4.99 Å². The topological polar surface area (TPSA) is 79.2 Å². The van der Waals surface area contributed by atoms with E-state index in [0.717, 1.165) is 11.1 Å². The van der Waals surface area contributed by atoms with Gasteiger partial charge in [-0.3, -0.25) is 4.79 Å². The molecule has 1 amide bonds. The summed E-state index contributed by atoms with van der Waals surface area (Å²) in [7, 11) is 1.69. The molecular formula is C25H19ClN2O4S. The summed E-state index contributed by atoms with van der Waals surface area (Å²) in [5, 5.41) is 10.5. The van der Waals surface area contributed by atoms with Gasteiger partial charge in [0.25, 0.3) is 5.91 Å². The van der Waals surface area contributed by atoms with Crippen molar-refractivity contribution in [1.29, 1.82) is 0 Å². The highest BCUT2D eigenvalue weighted by Gasteiger charge is 2.27. The SMILES string of the molecule is CN(C1=NC(=O)/C(=C/c2ccccc2OCc2ccc(Cl)cc2)S1)c1ccccc1C(=O)O. The smallest absolute Gasteiger partial charge is 0.337 e. The van der Waals surface area contributed by atoms with Crippen LogP contribution in [0.25, 0.3) is 6.08 Å². The standard InChI is InChI=1S/C25H19ClN2O4S/c1-28(20-8-4-3-7-19(20)24(30)31)25-27-23(29)22(33-25)14-17-6-2-5-9-21(17)32-15-16-10-12-18(26)13-11-16/h2-14H,15H2,1H3,(H,30,31)/b22-14-. The molecule has 1 aliphatic rings. The van der Waals surface area contributed by atoms with E-state index in [1.807, 2.05) is 36.4 Å². The molecule has 1 N–H and O–H groups in total. The van der Waals surface area contributed by atoms with Crippen molar-refractivity contribution in [2.24, 2.45) is 4.99 Å². The first-order valence-corrected chi connectivity index (χ1v) is 11.2. The molecule has 0 unspecified atom stereocenters. The van der Waals surface area contributed by atoms with Gasteiger partial charge in [0.2, 0.25) is 0 Å². The number of carbonyl (C=O) groups is 2. The number of hydrogen-bond donors (Lipinski definition) is 1. The number of amides is 1. The third-order valence-corrected chi connectivity index (χ3v) is 6.22. The zero-order valence-electron chi connectivity index (χ0n) is 17.6. The van der Waals surface area contributed by atoms with E-state index in [9.17, 15) is 14.7 Å². The number of amidine groups is 1. The van der Waals surface area contributed by atoms with Gasteiger partial charge in [-0.1, -0.05) is 54.1 Å². The second-order valence-corrected chi connectivity index (χ2v) is 8.59. The molecule has 166 valence electrons. The molecule has 0 spiro atoms. The van der Waals surface area contributed by atoms with E-state index in [1.54, 1.807) is 48.4 Å². The molecular weight excluding hydrogens is 460 g/mol. The van der Waals surface area contributed by atoms with Crippen molar-refractivity contribution in [3.8, 4) is 5.75 Å². The lowest BCUT2D eigenvalue weighted by molar-refractivity contribution is -0.113. The number of halogens is 1. The first-order chi connectivity index (χ1) is 15.9. The van der Waals surface area contributed by atoms with Crippen molar-refractivity contribution in [3.05, 3.63) is 99.4 Å². The number of anilines is 1. The second-order valence-electron chi connectivity index (χ2n) is 7.14. The Bertz CT molecular complexity index is 1270. The average Bonchev–Trinajstić information content (AvgIpc) is 3.19. The van der Waals surface area contributed by atoms with E-state index in [-0.39, 0.29) is 11.5 Å². The summed E-state index contributed by atoms with van der Waals surface area (Å²) in [6.07, 6.45) is 1.73. The Hall–Kier alpha value is -3.55. The Morgan fingerprint density at radius 1 is 1.09 bits per heavy atom. The zero-order chi connectivity index (χ0) is 23.4. The van der Waals surface area contributed by atoms with Crippen molar-refractivity contribution in [3.63, 3.8) is 0 Å². The van der Waals surface area contributed by atoms with Gasteiger partial charge in [-0.15, -0.1) is 0 Å². The minimum absolute atomic E-state index is 0.133. The number of carboxylic acid groups (broad SMARTS) is 1. The lowest BCUT2D eigenvalue weighted by Gasteiger charge is -2.19. The minimum Gasteiger partial charge on any atom is -0.488 e. The maximum Gasteiger partial charge on any atom is 0.337 e. The molecule has 6 nitrogen and oxygen atoms in total. The van der Waals surface area contributed by atoms with Gasteiger partial charge in [0, 0.05) is 17.6 Å². The Morgan fingerprint density at radius 2 is 1.79 bits per heavy atom. The lowest BCUT2D eigenvalue weighted by Crippen LogP contribution is -2.24. The molecule has 0 radical (unpaired) electrons. The summed E-state index contributed by atoms with van der Waals surface area (Å²) in [6, 6.07) is 21.4. The molecule has 1 heterocycles. The van der Waals surface area contributed by atoms with Crippen molar-refractivity contribution < 1.29 is 19.4 Å². The number of aromatic carboxylic acids is 1. The molecule has 3 aromatic carbocycles. The third-order valence-electron chi connectivity index (χ3n) is 4.91. The fourth-order valence-electron chi connectivity index (χ4n) is 3.21. The Kier molecular flexibility index (Phi) is 6.82. The molecule has 0 saturated heterocycles. The predicted octanol–water partition coefficient (Wildman–Crippen LogP) is 5.72. The number of carboxylic acids is 1. The van der Waals surface area contributed by atoms with E-state index in [1.165, 1.54) is 17.8 Å².